The van der Waals surface area contributed by atoms with Gasteiger partial charge in [-0.05, 0) is 67.6 Å². The van der Waals surface area contributed by atoms with Crippen molar-refractivity contribution in [3.8, 4) is 23.1 Å². The highest BCUT2D eigenvalue weighted by molar-refractivity contribution is 5.92. The molecule has 0 atom stereocenters. The van der Waals surface area contributed by atoms with Crippen molar-refractivity contribution < 1.29 is 19.3 Å². The van der Waals surface area contributed by atoms with Crippen LogP contribution in [0, 0.1) is 0 Å². The average Bonchev–Trinajstić information content (AvgIpc) is 2.85. The Kier molecular flexibility index (Phi) is 6.91. The van der Waals surface area contributed by atoms with Crippen LogP contribution in [0.3, 0.4) is 0 Å². The molecule has 0 aliphatic rings. The molecular weight excluding hydrogens is 430 g/mol. The highest BCUT2D eigenvalue weighted by Crippen LogP contribution is 2.39. The van der Waals surface area contributed by atoms with E-state index in [2.05, 4.69) is 16.4 Å². The maximum atomic E-state index is 11.0. The fourth-order valence-corrected chi connectivity index (χ4v) is 4.29. The molecule has 0 saturated heterocycles. The van der Waals surface area contributed by atoms with Gasteiger partial charge in [0.25, 0.3) is 0 Å². The largest absolute Gasteiger partial charge is 0.494 e. The SMILES string of the molecule is CCNc1nc2ccc(OCC)cc2cc1Cc1c(O)nc(CC)c2cc(OC)c(OC)cc12. The van der Waals surface area contributed by atoms with Crippen molar-refractivity contribution in [1.82, 2.24) is 9.97 Å². The second-order valence-corrected chi connectivity index (χ2v) is 7.96. The molecule has 0 bridgehead atoms. The monoisotopic (exact) mass is 461 g/mol. The molecule has 2 N–H and O–H groups in total. The van der Waals surface area contributed by atoms with Crippen LogP contribution in [0.2, 0.25) is 0 Å². The summed E-state index contributed by atoms with van der Waals surface area (Å²) in [5, 5.41) is 17.1. The van der Waals surface area contributed by atoms with Gasteiger partial charge in [0.1, 0.15) is 11.6 Å². The topological polar surface area (TPSA) is 85.7 Å². The summed E-state index contributed by atoms with van der Waals surface area (Å²) >= 11 is 0. The van der Waals surface area contributed by atoms with E-state index < -0.39 is 0 Å². The Hall–Kier alpha value is -3.74. The maximum absolute atomic E-state index is 11.0. The molecule has 178 valence electrons. The Labute approximate surface area is 199 Å². The molecule has 4 aromatic rings. The summed E-state index contributed by atoms with van der Waals surface area (Å²) in [6.07, 6.45) is 1.12. The van der Waals surface area contributed by atoms with Gasteiger partial charge in [-0.3, -0.25) is 0 Å². The van der Waals surface area contributed by atoms with E-state index in [0.717, 1.165) is 56.6 Å². The first kappa shape index (κ1) is 23.4. The second kappa shape index (κ2) is 10.0. The number of hydrogen-bond donors (Lipinski definition) is 2. The number of rotatable bonds is 9. The number of hydrogen-bond acceptors (Lipinski definition) is 7. The van der Waals surface area contributed by atoms with Crippen LogP contribution >= 0.6 is 0 Å². The van der Waals surface area contributed by atoms with Crippen LogP contribution in [0.25, 0.3) is 21.7 Å². The van der Waals surface area contributed by atoms with Crippen molar-refractivity contribution in [2.45, 2.75) is 33.6 Å². The molecule has 0 unspecified atom stereocenters. The fourth-order valence-electron chi connectivity index (χ4n) is 4.29. The Morgan fingerprint density at radius 1 is 0.912 bits per heavy atom. The van der Waals surface area contributed by atoms with Crippen LogP contribution in [-0.2, 0) is 12.8 Å². The summed E-state index contributed by atoms with van der Waals surface area (Å²) in [5.74, 6) is 2.84. The zero-order valence-electron chi connectivity index (χ0n) is 20.4. The zero-order chi connectivity index (χ0) is 24.2. The van der Waals surface area contributed by atoms with Gasteiger partial charge in [-0.25, -0.2) is 9.97 Å². The Morgan fingerprint density at radius 3 is 2.29 bits per heavy atom. The summed E-state index contributed by atoms with van der Waals surface area (Å²) in [7, 11) is 3.22. The lowest BCUT2D eigenvalue weighted by Crippen LogP contribution is -2.06. The Morgan fingerprint density at radius 2 is 1.65 bits per heavy atom. The first-order chi connectivity index (χ1) is 16.5. The van der Waals surface area contributed by atoms with Gasteiger partial charge in [-0.2, -0.15) is 0 Å². The van der Waals surface area contributed by atoms with Crippen molar-refractivity contribution in [3.63, 3.8) is 0 Å². The Balaban J connectivity index is 1.91. The molecule has 0 amide bonds. The van der Waals surface area contributed by atoms with Crippen molar-refractivity contribution in [3.05, 3.63) is 53.2 Å². The van der Waals surface area contributed by atoms with Gasteiger partial charge < -0.3 is 24.6 Å². The standard InChI is InChI=1S/C27H31N3O4/c1-6-22-20-15-25(33-5)24(32-4)14-19(20)21(27(31)30-22)13-17-11-16-12-18(34-8-3)9-10-23(16)29-26(17)28-7-2/h9-12,14-15H,6-8,13H2,1-5H3,(H,28,29)(H,30,31). The van der Waals surface area contributed by atoms with Crippen molar-refractivity contribution >= 4 is 27.5 Å². The predicted octanol–water partition coefficient (Wildman–Crippen LogP) is 5.49. The summed E-state index contributed by atoms with van der Waals surface area (Å²) in [4.78, 5) is 9.38. The molecule has 2 aromatic heterocycles. The molecule has 7 heteroatoms. The minimum atomic E-state index is 0.0159. The summed E-state index contributed by atoms with van der Waals surface area (Å²) in [6, 6.07) is 11.8. The first-order valence-corrected chi connectivity index (χ1v) is 11.6. The molecule has 0 aliphatic heterocycles. The van der Waals surface area contributed by atoms with Gasteiger partial charge >= 0.3 is 0 Å². The third kappa shape index (κ3) is 4.38. The first-order valence-electron chi connectivity index (χ1n) is 11.6. The molecule has 34 heavy (non-hydrogen) atoms. The van der Waals surface area contributed by atoms with Gasteiger partial charge in [-0.1, -0.05) is 6.92 Å². The van der Waals surface area contributed by atoms with Gasteiger partial charge in [0.05, 0.1) is 32.0 Å². The number of methoxy groups -OCH3 is 2. The number of nitrogens with one attached hydrogen (secondary N) is 1. The van der Waals surface area contributed by atoms with Crippen LogP contribution in [0.1, 0.15) is 37.6 Å². The third-order valence-electron chi connectivity index (χ3n) is 5.89. The summed E-state index contributed by atoms with van der Waals surface area (Å²) in [6.45, 7) is 7.35. The number of anilines is 1. The van der Waals surface area contributed by atoms with Crippen molar-refractivity contribution in [2.75, 3.05) is 32.7 Å². The van der Waals surface area contributed by atoms with E-state index >= 15 is 0 Å². The summed E-state index contributed by atoms with van der Waals surface area (Å²) < 4.78 is 16.7. The van der Waals surface area contributed by atoms with Crippen LogP contribution in [0.15, 0.2) is 36.4 Å². The fraction of sp³-hybridized carbons (Fsp3) is 0.333. The number of aromatic nitrogens is 2. The highest BCUT2D eigenvalue weighted by Gasteiger charge is 2.19. The molecule has 7 nitrogen and oxygen atoms in total. The molecule has 0 saturated carbocycles. The van der Waals surface area contributed by atoms with Crippen LogP contribution in [-0.4, -0.2) is 42.4 Å². The minimum absolute atomic E-state index is 0.0159. The lowest BCUT2D eigenvalue weighted by atomic mass is 9.96. The molecular formula is C27H31N3O4. The maximum Gasteiger partial charge on any atom is 0.215 e. The number of nitrogens with zero attached hydrogens (tertiary/aromatic N) is 2. The molecule has 2 aromatic carbocycles. The van der Waals surface area contributed by atoms with Crippen LogP contribution in [0.5, 0.6) is 23.1 Å². The van der Waals surface area contributed by atoms with E-state index in [1.54, 1.807) is 14.2 Å². The van der Waals surface area contributed by atoms with E-state index in [0.29, 0.717) is 30.9 Å². The quantitative estimate of drug-likeness (QED) is 0.341. The third-order valence-corrected chi connectivity index (χ3v) is 5.89. The predicted molar refractivity (Wildman–Crippen MR) is 136 cm³/mol. The highest BCUT2D eigenvalue weighted by atomic mass is 16.5. The molecule has 2 heterocycles. The average molecular weight is 462 g/mol. The van der Waals surface area contributed by atoms with Gasteiger partial charge in [0.2, 0.25) is 5.88 Å². The van der Waals surface area contributed by atoms with Crippen LogP contribution in [0.4, 0.5) is 5.82 Å². The molecule has 4 rings (SSSR count). The van der Waals surface area contributed by atoms with Crippen molar-refractivity contribution in [1.29, 1.82) is 0 Å². The normalized spacial score (nSPS) is 11.1. The Bertz CT molecular complexity index is 1340. The zero-order valence-corrected chi connectivity index (χ0v) is 20.4. The summed E-state index contributed by atoms with van der Waals surface area (Å²) in [5.41, 5.74) is 3.36. The van der Waals surface area contributed by atoms with E-state index in [-0.39, 0.29) is 5.88 Å². The van der Waals surface area contributed by atoms with E-state index in [1.165, 1.54) is 0 Å². The number of aromatic hydroxyl groups is 1. The molecule has 0 spiro atoms. The molecule has 0 radical (unpaired) electrons. The molecule has 0 fully saturated rings. The van der Waals surface area contributed by atoms with E-state index in [4.69, 9.17) is 19.2 Å². The number of benzene rings is 2. The lowest BCUT2D eigenvalue weighted by molar-refractivity contribution is 0.340. The number of pyridine rings is 2. The number of ether oxygens (including phenoxy) is 3. The minimum Gasteiger partial charge on any atom is -0.494 e. The van der Waals surface area contributed by atoms with Gasteiger partial charge in [0.15, 0.2) is 11.5 Å². The molecule has 0 aliphatic carbocycles. The number of fused-ring (bicyclic) bond motifs is 2. The smallest absolute Gasteiger partial charge is 0.215 e. The number of aryl methyl sites for hydroxylation is 1. The lowest BCUT2D eigenvalue weighted by Gasteiger charge is -2.17. The second-order valence-electron chi connectivity index (χ2n) is 7.96. The van der Waals surface area contributed by atoms with Crippen LogP contribution < -0.4 is 19.5 Å². The van der Waals surface area contributed by atoms with Crippen molar-refractivity contribution in [2.24, 2.45) is 0 Å². The van der Waals surface area contributed by atoms with Gasteiger partial charge in [0, 0.05) is 29.3 Å². The van der Waals surface area contributed by atoms with E-state index in [1.807, 2.05) is 51.1 Å². The van der Waals surface area contributed by atoms with Gasteiger partial charge in [-0.15, -0.1) is 0 Å². The van der Waals surface area contributed by atoms with E-state index in [9.17, 15) is 5.11 Å².